The predicted octanol–water partition coefficient (Wildman–Crippen LogP) is 2.90. The first-order valence-corrected chi connectivity index (χ1v) is 10.1. The Labute approximate surface area is 170 Å². The van der Waals surface area contributed by atoms with Gasteiger partial charge in [0.05, 0.1) is 24.1 Å². The van der Waals surface area contributed by atoms with Gasteiger partial charge in [0.2, 0.25) is 11.8 Å². The van der Waals surface area contributed by atoms with E-state index in [0.29, 0.717) is 6.54 Å². The maximum absolute atomic E-state index is 12.8. The van der Waals surface area contributed by atoms with Gasteiger partial charge in [-0.05, 0) is 30.5 Å². The quantitative estimate of drug-likeness (QED) is 0.607. The minimum atomic E-state index is -0.370. The van der Waals surface area contributed by atoms with Crippen LogP contribution in [0.25, 0.3) is 0 Å². The molecule has 6 nitrogen and oxygen atoms in total. The van der Waals surface area contributed by atoms with Crippen LogP contribution in [0.2, 0.25) is 0 Å². The fraction of sp³-hybridized carbons (Fsp3) is 0.348. The summed E-state index contributed by atoms with van der Waals surface area (Å²) in [4.78, 5) is 39.2. The van der Waals surface area contributed by atoms with E-state index in [-0.39, 0.29) is 36.1 Å². The van der Waals surface area contributed by atoms with Gasteiger partial charge in [0.1, 0.15) is 6.54 Å². The SMILES string of the molecule is O=C(CN1C(=O)C2CCCCC2C1=O)NN(Cc1ccccc1)c1ccccc1. The number of hydrogen-bond acceptors (Lipinski definition) is 4. The van der Waals surface area contributed by atoms with Crippen LogP contribution in [0.3, 0.4) is 0 Å². The number of anilines is 1. The predicted molar refractivity (Wildman–Crippen MR) is 109 cm³/mol. The van der Waals surface area contributed by atoms with Crippen LogP contribution >= 0.6 is 0 Å². The topological polar surface area (TPSA) is 69.7 Å². The summed E-state index contributed by atoms with van der Waals surface area (Å²) < 4.78 is 0. The van der Waals surface area contributed by atoms with Gasteiger partial charge in [-0.1, -0.05) is 61.4 Å². The summed E-state index contributed by atoms with van der Waals surface area (Å²) in [6.07, 6.45) is 3.44. The van der Waals surface area contributed by atoms with Gasteiger partial charge >= 0.3 is 0 Å². The highest BCUT2D eigenvalue weighted by molar-refractivity contribution is 6.07. The van der Waals surface area contributed by atoms with Crippen molar-refractivity contribution in [3.63, 3.8) is 0 Å². The van der Waals surface area contributed by atoms with Crippen molar-refractivity contribution in [3.8, 4) is 0 Å². The maximum atomic E-state index is 12.8. The summed E-state index contributed by atoms with van der Waals surface area (Å²) in [5.41, 5.74) is 4.75. The lowest BCUT2D eigenvalue weighted by molar-refractivity contribution is -0.143. The second-order valence-electron chi connectivity index (χ2n) is 7.70. The molecule has 150 valence electrons. The van der Waals surface area contributed by atoms with Crippen LogP contribution in [-0.2, 0) is 20.9 Å². The molecule has 2 fully saturated rings. The molecule has 1 aliphatic heterocycles. The lowest BCUT2D eigenvalue weighted by Crippen LogP contribution is -2.48. The molecule has 1 saturated heterocycles. The molecule has 1 N–H and O–H groups in total. The highest BCUT2D eigenvalue weighted by Gasteiger charge is 2.48. The van der Waals surface area contributed by atoms with E-state index in [1.165, 1.54) is 0 Å². The van der Waals surface area contributed by atoms with Gasteiger partial charge in [0.15, 0.2) is 0 Å². The number of hydrazine groups is 1. The zero-order valence-corrected chi connectivity index (χ0v) is 16.3. The van der Waals surface area contributed by atoms with Crippen molar-refractivity contribution in [1.82, 2.24) is 10.3 Å². The standard InChI is InChI=1S/C23H25N3O3/c27-21(16-25-22(28)19-13-7-8-14-20(19)23(25)29)24-26(18-11-5-2-6-12-18)15-17-9-3-1-4-10-17/h1-6,9-12,19-20H,7-8,13-16H2,(H,24,27). The molecule has 0 aromatic heterocycles. The molecule has 0 radical (unpaired) electrons. The summed E-state index contributed by atoms with van der Waals surface area (Å²) in [7, 11) is 0. The monoisotopic (exact) mass is 391 g/mol. The number of likely N-dealkylation sites (tertiary alicyclic amines) is 1. The van der Waals surface area contributed by atoms with E-state index in [1.807, 2.05) is 60.7 Å². The number of amides is 3. The summed E-state index contributed by atoms with van der Waals surface area (Å²) in [6.45, 7) is 0.243. The van der Waals surface area contributed by atoms with Gasteiger partial charge in [-0.3, -0.25) is 29.7 Å². The number of para-hydroxylation sites is 1. The number of fused-ring (bicyclic) bond motifs is 1. The third kappa shape index (κ3) is 4.16. The molecule has 1 heterocycles. The molecule has 1 saturated carbocycles. The fourth-order valence-electron chi connectivity index (χ4n) is 4.29. The zero-order valence-electron chi connectivity index (χ0n) is 16.3. The number of carbonyl (C=O) groups excluding carboxylic acids is 3. The van der Waals surface area contributed by atoms with Crippen molar-refractivity contribution in [2.75, 3.05) is 11.6 Å². The Morgan fingerprint density at radius 3 is 2.03 bits per heavy atom. The number of hydrogen-bond donors (Lipinski definition) is 1. The van der Waals surface area contributed by atoms with Crippen molar-refractivity contribution in [2.45, 2.75) is 32.2 Å². The Morgan fingerprint density at radius 2 is 1.45 bits per heavy atom. The molecule has 2 aromatic rings. The van der Waals surface area contributed by atoms with Crippen LogP contribution in [0.1, 0.15) is 31.2 Å². The minimum absolute atomic E-state index is 0.191. The lowest BCUT2D eigenvalue weighted by Gasteiger charge is -2.26. The molecule has 6 heteroatoms. The first kappa shape index (κ1) is 19.2. The Hall–Kier alpha value is -3.15. The van der Waals surface area contributed by atoms with E-state index in [1.54, 1.807) is 5.01 Å². The van der Waals surface area contributed by atoms with Crippen LogP contribution in [0.5, 0.6) is 0 Å². The normalized spacial score (nSPS) is 21.0. The number of rotatable bonds is 6. The zero-order chi connectivity index (χ0) is 20.2. The molecule has 1 aliphatic carbocycles. The van der Waals surface area contributed by atoms with E-state index < -0.39 is 0 Å². The molecular formula is C23H25N3O3. The smallest absolute Gasteiger partial charge is 0.258 e. The summed E-state index contributed by atoms with van der Waals surface area (Å²) >= 11 is 0. The van der Waals surface area contributed by atoms with Crippen molar-refractivity contribution < 1.29 is 14.4 Å². The molecule has 2 atom stereocenters. The average Bonchev–Trinajstić information content (AvgIpc) is 3.00. The van der Waals surface area contributed by atoms with Gasteiger partial charge in [-0.25, -0.2) is 0 Å². The fourth-order valence-corrected chi connectivity index (χ4v) is 4.29. The van der Waals surface area contributed by atoms with Gasteiger partial charge in [0.25, 0.3) is 5.91 Å². The molecule has 4 rings (SSSR count). The van der Waals surface area contributed by atoms with E-state index in [2.05, 4.69) is 5.43 Å². The largest absolute Gasteiger partial charge is 0.281 e. The van der Waals surface area contributed by atoms with Crippen LogP contribution in [0, 0.1) is 11.8 Å². The van der Waals surface area contributed by atoms with E-state index in [0.717, 1.165) is 41.8 Å². The molecule has 3 amide bonds. The maximum Gasteiger partial charge on any atom is 0.258 e. The van der Waals surface area contributed by atoms with Gasteiger partial charge in [-0.2, -0.15) is 0 Å². The highest BCUT2D eigenvalue weighted by Crippen LogP contribution is 2.37. The number of carbonyl (C=O) groups is 3. The molecule has 2 aliphatic rings. The molecule has 2 aromatic carbocycles. The van der Waals surface area contributed by atoms with E-state index in [4.69, 9.17) is 0 Å². The first-order chi connectivity index (χ1) is 14.1. The molecule has 2 unspecified atom stereocenters. The molecular weight excluding hydrogens is 366 g/mol. The Balaban J connectivity index is 1.46. The van der Waals surface area contributed by atoms with Crippen LogP contribution in [0.15, 0.2) is 60.7 Å². The highest BCUT2D eigenvalue weighted by atomic mass is 16.2. The number of benzene rings is 2. The van der Waals surface area contributed by atoms with Crippen LogP contribution in [-0.4, -0.2) is 29.2 Å². The van der Waals surface area contributed by atoms with Crippen LogP contribution in [0.4, 0.5) is 5.69 Å². The van der Waals surface area contributed by atoms with Crippen molar-refractivity contribution in [2.24, 2.45) is 11.8 Å². The Morgan fingerprint density at radius 1 is 0.897 bits per heavy atom. The number of nitrogens with zero attached hydrogens (tertiary/aromatic N) is 2. The summed E-state index contributed by atoms with van der Waals surface area (Å²) in [6, 6.07) is 19.3. The second kappa shape index (κ2) is 8.47. The summed E-state index contributed by atoms with van der Waals surface area (Å²) in [5.74, 6) is -1.23. The number of nitrogens with one attached hydrogen (secondary N) is 1. The van der Waals surface area contributed by atoms with Crippen molar-refractivity contribution in [1.29, 1.82) is 0 Å². The summed E-state index contributed by atoms with van der Waals surface area (Å²) in [5, 5.41) is 1.75. The Bertz CT molecular complexity index is 861. The number of imide groups is 1. The third-order valence-corrected chi connectivity index (χ3v) is 5.75. The van der Waals surface area contributed by atoms with Crippen LogP contribution < -0.4 is 10.4 Å². The van der Waals surface area contributed by atoms with Crippen molar-refractivity contribution in [3.05, 3.63) is 66.2 Å². The molecule has 29 heavy (non-hydrogen) atoms. The van der Waals surface area contributed by atoms with Gasteiger partial charge < -0.3 is 0 Å². The molecule has 0 bridgehead atoms. The lowest BCUT2D eigenvalue weighted by atomic mass is 9.81. The van der Waals surface area contributed by atoms with E-state index >= 15 is 0 Å². The average molecular weight is 391 g/mol. The van der Waals surface area contributed by atoms with Gasteiger partial charge in [-0.15, -0.1) is 0 Å². The molecule has 0 spiro atoms. The van der Waals surface area contributed by atoms with Gasteiger partial charge in [0, 0.05) is 0 Å². The third-order valence-electron chi connectivity index (χ3n) is 5.75. The first-order valence-electron chi connectivity index (χ1n) is 10.1. The van der Waals surface area contributed by atoms with Crippen molar-refractivity contribution >= 4 is 23.4 Å². The Kier molecular flexibility index (Phi) is 5.60. The van der Waals surface area contributed by atoms with E-state index in [9.17, 15) is 14.4 Å². The second-order valence-corrected chi connectivity index (χ2v) is 7.70. The minimum Gasteiger partial charge on any atom is -0.281 e.